The van der Waals surface area contributed by atoms with E-state index in [0.717, 1.165) is 24.8 Å². The molecule has 0 saturated heterocycles. The van der Waals surface area contributed by atoms with Crippen molar-refractivity contribution in [3.8, 4) is 0 Å². The molecule has 0 amide bonds. The normalized spacial score (nSPS) is 23.6. The maximum absolute atomic E-state index is 14.1. The average molecular weight is 281 g/mol. The van der Waals surface area contributed by atoms with Gasteiger partial charge in [0.1, 0.15) is 5.82 Å². The van der Waals surface area contributed by atoms with Gasteiger partial charge in [-0.2, -0.15) is 0 Å². The molecule has 0 spiro atoms. The molecule has 1 fully saturated rings. The third-order valence-corrected chi connectivity index (χ3v) is 4.52. The van der Waals surface area contributed by atoms with E-state index in [-0.39, 0.29) is 17.2 Å². The molecule has 1 aliphatic carbocycles. The Hall–Kier alpha value is -0.820. The molecular formula is C17H22ClF. The van der Waals surface area contributed by atoms with E-state index in [1.807, 2.05) is 6.07 Å². The first-order valence-corrected chi connectivity index (χ1v) is 7.32. The van der Waals surface area contributed by atoms with Crippen LogP contribution in [0, 0.1) is 17.2 Å². The van der Waals surface area contributed by atoms with Crippen LogP contribution in [-0.2, 0) is 0 Å². The van der Waals surface area contributed by atoms with Crippen molar-refractivity contribution in [3.63, 3.8) is 0 Å². The Morgan fingerprint density at radius 2 is 2.00 bits per heavy atom. The first-order chi connectivity index (χ1) is 8.80. The van der Waals surface area contributed by atoms with Crippen LogP contribution >= 0.6 is 11.6 Å². The minimum atomic E-state index is -0.175. The predicted octanol–water partition coefficient (Wildman–Crippen LogP) is 5.97. The molecule has 104 valence electrons. The Morgan fingerprint density at radius 1 is 1.32 bits per heavy atom. The van der Waals surface area contributed by atoms with Crippen LogP contribution in [-0.4, -0.2) is 0 Å². The third-order valence-electron chi connectivity index (χ3n) is 4.29. The lowest BCUT2D eigenvalue weighted by Crippen LogP contribution is -2.20. The minimum absolute atomic E-state index is 0.0795. The number of halogens is 2. The fourth-order valence-electron chi connectivity index (χ4n) is 3.11. The number of rotatable bonds is 2. The van der Waals surface area contributed by atoms with Crippen molar-refractivity contribution in [2.75, 3.05) is 0 Å². The van der Waals surface area contributed by atoms with Crippen LogP contribution in [0.3, 0.4) is 0 Å². The summed E-state index contributed by atoms with van der Waals surface area (Å²) < 4.78 is 14.1. The standard InChI is InChI=1S/C17H22ClF/c1-11(17(2,3)4)13-6-5-7-14(13)15-9-8-12(18)10-16(15)19/h8-10,13-14H,1,5-7H2,2-4H3/t13-,14+/m0/s1. The summed E-state index contributed by atoms with van der Waals surface area (Å²) in [5, 5.41) is 0.463. The van der Waals surface area contributed by atoms with Gasteiger partial charge in [-0.15, -0.1) is 0 Å². The van der Waals surface area contributed by atoms with Crippen molar-refractivity contribution in [3.05, 3.63) is 46.8 Å². The van der Waals surface area contributed by atoms with Gasteiger partial charge in [0.2, 0.25) is 0 Å². The van der Waals surface area contributed by atoms with Gasteiger partial charge in [0.15, 0.2) is 0 Å². The molecule has 0 unspecified atom stereocenters. The van der Waals surface area contributed by atoms with Gasteiger partial charge >= 0.3 is 0 Å². The van der Waals surface area contributed by atoms with Gasteiger partial charge in [0.25, 0.3) is 0 Å². The summed E-state index contributed by atoms with van der Waals surface area (Å²) in [6.45, 7) is 10.8. The molecule has 1 aliphatic rings. The minimum Gasteiger partial charge on any atom is -0.207 e. The van der Waals surface area contributed by atoms with Gasteiger partial charge in [-0.3, -0.25) is 0 Å². The van der Waals surface area contributed by atoms with E-state index in [4.69, 9.17) is 11.6 Å². The highest BCUT2D eigenvalue weighted by atomic mass is 35.5. The molecule has 0 nitrogen and oxygen atoms in total. The number of hydrogen-bond acceptors (Lipinski definition) is 0. The van der Waals surface area contributed by atoms with Crippen LogP contribution in [0.5, 0.6) is 0 Å². The van der Waals surface area contributed by atoms with Crippen LogP contribution < -0.4 is 0 Å². The Balaban J connectivity index is 2.31. The molecule has 2 rings (SSSR count). The largest absolute Gasteiger partial charge is 0.207 e. The SMILES string of the molecule is C=C([C@@H]1CCC[C@H]1c1ccc(Cl)cc1F)C(C)(C)C. The van der Waals surface area contributed by atoms with Crippen LogP contribution in [0.15, 0.2) is 30.4 Å². The van der Waals surface area contributed by atoms with Crippen LogP contribution in [0.1, 0.15) is 51.5 Å². The lowest BCUT2D eigenvalue weighted by Gasteiger charge is -2.31. The Morgan fingerprint density at radius 3 is 2.58 bits per heavy atom. The summed E-state index contributed by atoms with van der Waals surface area (Å²) >= 11 is 5.84. The van der Waals surface area contributed by atoms with Crippen molar-refractivity contribution in [2.45, 2.75) is 46.0 Å². The third kappa shape index (κ3) is 3.02. The monoisotopic (exact) mass is 280 g/mol. The molecule has 2 heteroatoms. The first kappa shape index (κ1) is 14.6. The molecule has 0 bridgehead atoms. The lowest BCUT2D eigenvalue weighted by molar-refractivity contribution is 0.400. The second-order valence-electron chi connectivity index (χ2n) is 6.58. The molecule has 0 heterocycles. The zero-order valence-electron chi connectivity index (χ0n) is 12.0. The molecule has 1 saturated carbocycles. The first-order valence-electron chi connectivity index (χ1n) is 6.95. The van der Waals surface area contributed by atoms with Gasteiger partial charge < -0.3 is 0 Å². The molecule has 1 aromatic rings. The maximum Gasteiger partial charge on any atom is 0.128 e. The number of allylic oxidation sites excluding steroid dienone is 1. The summed E-state index contributed by atoms with van der Waals surface area (Å²) in [6, 6.07) is 5.05. The molecule has 0 aromatic heterocycles. The van der Waals surface area contributed by atoms with Gasteiger partial charge in [-0.1, -0.05) is 57.0 Å². The van der Waals surface area contributed by atoms with E-state index in [1.165, 1.54) is 11.6 Å². The highest BCUT2D eigenvalue weighted by molar-refractivity contribution is 6.30. The van der Waals surface area contributed by atoms with Crippen molar-refractivity contribution in [1.29, 1.82) is 0 Å². The second kappa shape index (κ2) is 5.28. The van der Waals surface area contributed by atoms with Crippen molar-refractivity contribution in [1.82, 2.24) is 0 Å². The van der Waals surface area contributed by atoms with E-state index >= 15 is 0 Å². The summed E-state index contributed by atoms with van der Waals surface area (Å²) in [5.74, 6) is 0.464. The van der Waals surface area contributed by atoms with Gasteiger partial charge in [-0.05, 0) is 47.8 Å². The zero-order valence-corrected chi connectivity index (χ0v) is 12.7. The lowest BCUT2D eigenvalue weighted by atomic mass is 9.74. The molecular weight excluding hydrogens is 259 g/mol. The quantitative estimate of drug-likeness (QED) is 0.586. The predicted molar refractivity (Wildman–Crippen MR) is 80.1 cm³/mol. The number of benzene rings is 1. The topological polar surface area (TPSA) is 0 Å². The zero-order chi connectivity index (χ0) is 14.2. The summed E-state index contributed by atoms with van der Waals surface area (Å²) in [5.41, 5.74) is 2.12. The fraction of sp³-hybridized carbons (Fsp3) is 0.529. The Labute approximate surface area is 120 Å². The van der Waals surface area contributed by atoms with E-state index < -0.39 is 0 Å². The van der Waals surface area contributed by atoms with Gasteiger partial charge in [-0.25, -0.2) is 4.39 Å². The van der Waals surface area contributed by atoms with Crippen molar-refractivity contribution >= 4 is 11.6 Å². The van der Waals surface area contributed by atoms with E-state index in [9.17, 15) is 4.39 Å². The van der Waals surface area contributed by atoms with Crippen LogP contribution in [0.25, 0.3) is 0 Å². The molecule has 1 aromatic carbocycles. The Bertz CT molecular complexity index is 485. The van der Waals surface area contributed by atoms with Crippen molar-refractivity contribution in [2.24, 2.45) is 11.3 Å². The van der Waals surface area contributed by atoms with E-state index in [1.54, 1.807) is 6.07 Å². The van der Waals surface area contributed by atoms with E-state index in [2.05, 4.69) is 27.4 Å². The van der Waals surface area contributed by atoms with Gasteiger partial charge in [0.05, 0.1) is 0 Å². The highest BCUT2D eigenvalue weighted by Crippen LogP contribution is 2.48. The highest BCUT2D eigenvalue weighted by Gasteiger charge is 2.35. The van der Waals surface area contributed by atoms with Crippen LogP contribution in [0.4, 0.5) is 4.39 Å². The van der Waals surface area contributed by atoms with Gasteiger partial charge in [0, 0.05) is 5.02 Å². The molecule has 0 aliphatic heterocycles. The smallest absolute Gasteiger partial charge is 0.128 e. The average Bonchev–Trinajstić information content (AvgIpc) is 2.75. The Kier molecular flexibility index (Phi) is 4.06. The summed E-state index contributed by atoms with van der Waals surface area (Å²) in [4.78, 5) is 0. The fourth-order valence-corrected chi connectivity index (χ4v) is 3.27. The summed E-state index contributed by atoms with van der Waals surface area (Å²) in [7, 11) is 0. The second-order valence-corrected chi connectivity index (χ2v) is 7.02. The molecule has 19 heavy (non-hydrogen) atoms. The maximum atomic E-state index is 14.1. The summed E-state index contributed by atoms with van der Waals surface area (Å²) in [6.07, 6.45) is 3.30. The molecule has 2 atom stereocenters. The molecule has 0 radical (unpaired) electrons. The van der Waals surface area contributed by atoms with Crippen molar-refractivity contribution < 1.29 is 4.39 Å². The van der Waals surface area contributed by atoms with E-state index in [0.29, 0.717) is 10.9 Å². The molecule has 0 N–H and O–H groups in total. The number of hydrogen-bond donors (Lipinski definition) is 0. The van der Waals surface area contributed by atoms with Crippen LogP contribution in [0.2, 0.25) is 5.02 Å².